The smallest absolute Gasteiger partial charge is 0.0738 e. The molecule has 0 bridgehead atoms. The Morgan fingerprint density at radius 3 is 2.38 bits per heavy atom. The van der Waals surface area contributed by atoms with Crippen molar-refractivity contribution in [3.05, 3.63) is 15.9 Å². The fraction of sp³-hybridized carbons (Fsp3) is 0.667. The first-order chi connectivity index (χ1) is 6.02. The summed E-state index contributed by atoms with van der Waals surface area (Å²) in [5.74, 6) is 0. The van der Waals surface area contributed by atoms with E-state index in [1.807, 2.05) is 11.6 Å². The molecule has 0 saturated heterocycles. The van der Waals surface area contributed by atoms with Gasteiger partial charge in [-0.25, -0.2) is 0 Å². The van der Waals surface area contributed by atoms with Crippen LogP contribution in [-0.4, -0.2) is 35.3 Å². The van der Waals surface area contributed by atoms with E-state index in [0.29, 0.717) is 0 Å². The van der Waals surface area contributed by atoms with Crippen molar-refractivity contribution in [3.8, 4) is 0 Å². The minimum absolute atomic E-state index is 0.950. The third kappa shape index (κ3) is 2.54. The van der Waals surface area contributed by atoms with Crippen LogP contribution in [0, 0.1) is 13.8 Å². The molecule has 0 radical (unpaired) electrons. The van der Waals surface area contributed by atoms with E-state index >= 15 is 0 Å². The fourth-order valence-electron chi connectivity index (χ4n) is 1.19. The van der Waals surface area contributed by atoms with Gasteiger partial charge in [0.15, 0.2) is 0 Å². The van der Waals surface area contributed by atoms with Crippen molar-refractivity contribution in [1.82, 2.24) is 14.7 Å². The highest BCUT2D eigenvalue weighted by atomic mass is 79.9. The Bertz CT molecular complexity index is 291. The van der Waals surface area contributed by atoms with Crippen LogP contribution in [0.5, 0.6) is 0 Å². The van der Waals surface area contributed by atoms with Crippen molar-refractivity contribution in [2.24, 2.45) is 0 Å². The van der Waals surface area contributed by atoms with Gasteiger partial charge in [0.1, 0.15) is 0 Å². The van der Waals surface area contributed by atoms with Crippen LogP contribution in [0.3, 0.4) is 0 Å². The lowest BCUT2D eigenvalue weighted by molar-refractivity contribution is 0.370. The summed E-state index contributed by atoms with van der Waals surface area (Å²) < 4.78 is 3.17. The highest BCUT2D eigenvalue weighted by Gasteiger charge is 2.07. The molecule has 1 aromatic heterocycles. The number of nitrogens with zero attached hydrogens (tertiary/aromatic N) is 3. The molecular formula is C9H16BrN3. The van der Waals surface area contributed by atoms with E-state index in [1.54, 1.807) is 0 Å². The van der Waals surface area contributed by atoms with Crippen molar-refractivity contribution in [1.29, 1.82) is 0 Å². The molecule has 74 valence electrons. The first-order valence-electron chi connectivity index (χ1n) is 4.36. The summed E-state index contributed by atoms with van der Waals surface area (Å²) in [7, 11) is 4.14. The number of halogens is 1. The molecule has 0 aliphatic carbocycles. The van der Waals surface area contributed by atoms with Crippen molar-refractivity contribution in [2.75, 3.05) is 20.6 Å². The summed E-state index contributed by atoms with van der Waals surface area (Å²) in [4.78, 5) is 2.16. The number of aromatic nitrogens is 2. The van der Waals surface area contributed by atoms with Crippen molar-refractivity contribution in [3.63, 3.8) is 0 Å². The number of likely N-dealkylation sites (N-methyl/N-ethyl adjacent to an activating group) is 1. The minimum atomic E-state index is 0.950. The van der Waals surface area contributed by atoms with Gasteiger partial charge < -0.3 is 4.90 Å². The van der Waals surface area contributed by atoms with Gasteiger partial charge in [-0.15, -0.1) is 0 Å². The minimum Gasteiger partial charge on any atom is -0.308 e. The van der Waals surface area contributed by atoms with Gasteiger partial charge in [-0.1, -0.05) is 0 Å². The zero-order valence-electron chi connectivity index (χ0n) is 8.63. The van der Waals surface area contributed by atoms with E-state index in [4.69, 9.17) is 0 Å². The first kappa shape index (κ1) is 10.7. The second-order valence-corrected chi connectivity index (χ2v) is 4.30. The zero-order chi connectivity index (χ0) is 10.0. The molecule has 0 atom stereocenters. The average Bonchev–Trinajstić information content (AvgIpc) is 2.29. The quantitative estimate of drug-likeness (QED) is 0.811. The molecule has 1 rings (SSSR count). The van der Waals surface area contributed by atoms with Crippen LogP contribution in [0.25, 0.3) is 0 Å². The van der Waals surface area contributed by atoms with Crippen molar-refractivity contribution in [2.45, 2.75) is 20.4 Å². The summed E-state index contributed by atoms with van der Waals surface area (Å²) in [6.07, 6.45) is 0. The van der Waals surface area contributed by atoms with Crippen LogP contribution in [-0.2, 0) is 6.54 Å². The average molecular weight is 246 g/mol. The summed E-state index contributed by atoms with van der Waals surface area (Å²) in [5, 5.41) is 4.42. The van der Waals surface area contributed by atoms with E-state index in [1.165, 1.54) is 5.69 Å². The van der Waals surface area contributed by atoms with Crippen LogP contribution in [0.1, 0.15) is 11.4 Å². The molecule has 0 aliphatic heterocycles. The molecule has 0 N–H and O–H groups in total. The van der Waals surface area contributed by atoms with Crippen LogP contribution in [0.2, 0.25) is 0 Å². The number of hydrogen-bond acceptors (Lipinski definition) is 2. The monoisotopic (exact) mass is 245 g/mol. The Morgan fingerprint density at radius 2 is 2.00 bits per heavy atom. The van der Waals surface area contributed by atoms with Gasteiger partial charge in [0.25, 0.3) is 0 Å². The second-order valence-electron chi connectivity index (χ2n) is 3.51. The lowest BCUT2D eigenvalue weighted by Crippen LogP contribution is -2.19. The van der Waals surface area contributed by atoms with Gasteiger partial charge in [-0.3, -0.25) is 4.68 Å². The Kier molecular flexibility index (Phi) is 3.50. The third-order valence-corrected chi connectivity index (χ3v) is 3.20. The highest BCUT2D eigenvalue weighted by Crippen LogP contribution is 2.19. The Morgan fingerprint density at radius 1 is 1.38 bits per heavy atom. The van der Waals surface area contributed by atoms with Crippen LogP contribution >= 0.6 is 15.9 Å². The number of rotatable bonds is 3. The molecule has 13 heavy (non-hydrogen) atoms. The van der Waals surface area contributed by atoms with Crippen LogP contribution in [0.15, 0.2) is 4.47 Å². The Hall–Kier alpha value is -0.350. The van der Waals surface area contributed by atoms with E-state index < -0.39 is 0 Å². The maximum atomic E-state index is 4.42. The molecule has 3 nitrogen and oxygen atoms in total. The maximum absolute atomic E-state index is 4.42. The lowest BCUT2D eigenvalue weighted by atomic mass is 10.4. The van der Waals surface area contributed by atoms with E-state index in [2.05, 4.69) is 46.9 Å². The predicted molar refractivity (Wildman–Crippen MR) is 58.0 cm³/mol. The number of aryl methyl sites for hydroxylation is 1. The summed E-state index contributed by atoms with van der Waals surface area (Å²) in [6.45, 7) is 6.07. The Labute approximate surface area is 87.9 Å². The van der Waals surface area contributed by atoms with Gasteiger partial charge in [0, 0.05) is 12.2 Å². The van der Waals surface area contributed by atoms with Gasteiger partial charge in [0.2, 0.25) is 0 Å². The molecule has 0 fully saturated rings. The molecule has 1 aromatic rings. The number of hydrogen-bond donors (Lipinski definition) is 0. The molecule has 1 heterocycles. The molecule has 0 spiro atoms. The molecule has 0 amide bonds. The topological polar surface area (TPSA) is 21.1 Å². The summed E-state index contributed by atoms with van der Waals surface area (Å²) >= 11 is 3.51. The van der Waals surface area contributed by atoms with E-state index in [-0.39, 0.29) is 0 Å². The second kappa shape index (κ2) is 4.24. The molecule has 0 unspecified atom stereocenters. The zero-order valence-corrected chi connectivity index (χ0v) is 10.2. The van der Waals surface area contributed by atoms with E-state index in [0.717, 1.165) is 23.3 Å². The largest absolute Gasteiger partial charge is 0.308 e. The summed E-state index contributed by atoms with van der Waals surface area (Å²) in [5.41, 5.74) is 2.27. The highest BCUT2D eigenvalue weighted by molar-refractivity contribution is 9.10. The molecule has 0 aliphatic rings. The molecular weight excluding hydrogens is 230 g/mol. The standard InChI is InChI=1S/C9H16BrN3/c1-7-9(10)8(2)13(11-7)6-5-12(3)4/h5-6H2,1-4H3. The fourth-order valence-corrected chi connectivity index (χ4v) is 1.47. The normalized spacial score (nSPS) is 11.2. The van der Waals surface area contributed by atoms with Gasteiger partial charge >= 0.3 is 0 Å². The first-order valence-corrected chi connectivity index (χ1v) is 5.16. The lowest BCUT2D eigenvalue weighted by Gasteiger charge is -2.10. The van der Waals surface area contributed by atoms with Crippen LogP contribution in [0.4, 0.5) is 0 Å². The van der Waals surface area contributed by atoms with Crippen molar-refractivity contribution >= 4 is 15.9 Å². The van der Waals surface area contributed by atoms with Gasteiger partial charge in [-0.2, -0.15) is 5.10 Å². The van der Waals surface area contributed by atoms with Gasteiger partial charge in [-0.05, 0) is 43.9 Å². The van der Waals surface area contributed by atoms with E-state index in [9.17, 15) is 0 Å². The molecule has 0 saturated carbocycles. The summed E-state index contributed by atoms with van der Waals surface area (Å²) in [6, 6.07) is 0. The molecule has 0 aromatic carbocycles. The third-order valence-electron chi connectivity index (χ3n) is 2.05. The SMILES string of the molecule is Cc1nn(CCN(C)C)c(C)c1Br. The predicted octanol–water partition coefficient (Wildman–Crippen LogP) is 1.82. The van der Waals surface area contributed by atoms with Crippen LogP contribution < -0.4 is 0 Å². The maximum Gasteiger partial charge on any atom is 0.0738 e. The van der Waals surface area contributed by atoms with Crippen molar-refractivity contribution < 1.29 is 0 Å². The molecule has 4 heteroatoms. The Balaban J connectivity index is 2.72. The van der Waals surface area contributed by atoms with Gasteiger partial charge in [0.05, 0.1) is 16.7 Å².